The highest BCUT2D eigenvalue weighted by Crippen LogP contribution is 2.28. The third-order valence-corrected chi connectivity index (χ3v) is 5.09. The molecule has 0 saturated carbocycles. The van der Waals surface area contributed by atoms with E-state index >= 15 is 0 Å². The molecule has 1 aliphatic rings. The van der Waals surface area contributed by atoms with Crippen LogP contribution in [0.15, 0.2) is 9.85 Å². The molecule has 1 saturated heterocycles. The first-order valence-electron chi connectivity index (χ1n) is 5.33. The van der Waals surface area contributed by atoms with Gasteiger partial charge in [0.1, 0.15) is 0 Å². The van der Waals surface area contributed by atoms with Crippen LogP contribution in [0, 0.1) is 6.92 Å². The maximum atomic E-state index is 12.2. The van der Waals surface area contributed by atoms with Crippen molar-refractivity contribution in [1.29, 1.82) is 0 Å². The first-order valence-corrected chi connectivity index (χ1v) is 6.94. The van der Waals surface area contributed by atoms with Crippen molar-refractivity contribution in [3.05, 3.63) is 20.3 Å². The van der Waals surface area contributed by atoms with E-state index in [9.17, 15) is 4.79 Å². The Labute approximate surface area is 108 Å². The summed E-state index contributed by atoms with van der Waals surface area (Å²) in [5.41, 5.74) is 1.13. The molecule has 1 amide bonds. The molecule has 0 aromatic carbocycles. The molecule has 1 atom stereocenters. The monoisotopic (exact) mass is 302 g/mol. The van der Waals surface area contributed by atoms with Crippen LogP contribution in [0.3, 0.4) is 0 Å². The summed E-state index contributed by atoms with van der Waals surface area (Å²) >= 11 is 4.97. The third kappa shape index (κ3) is 2.31. The lowest BCUT2D eigenvalue weighted by atomic mass is 10.2. The fourth-order valence-corrected chi connectivity index (χ4v) is 3.39. The van der Waals surface area contributed by atoms with Gasteiger partial charge in [-0.1, -0.05) is 0 Å². The summed E-state index contributed by atoms with van der Waals surface area (Å²) in [7, 11) is 1.89. The van der Waals surface area contributed by atoms with Gasteiger partial charge in [0.25, 0.3) is 5.91 Å². The van der Waals surface area contributed by atoms with Gasteiger partial charge in [-0.15, -0.1) is 11.3 Å². The number of carbonyl (C=O) groups is 1. The van der Waals surface area contributed by atoms with E-state index in [4.69, 9.17) is 0 Å². The van der Waals surface area contributed by atoms with Crippen LogP contribution in [-0.2, 0) is 0 Å². The molecule has 2 rings (SSSR count). The molecule has 1 aromatic heterocycles. The van der Waals surface area contributed by atoms with Crippen LogP contribution in [0.1, 0.15) is 21.7 Å². The zero-order valence-corrected chi connectivity index (χ0v) is 11.8. The third-order valence-electron chi connectivity index (χ3n) is 2.97. The van der Waals surface area contributed by atoms with Crippen molar-refractivity contribution in [1.82, 2.24) is 10.2 Å². The maximum absolute atomic E-state index is 12.2. The van der Waals surface area contributed by atoms with Crippen molar-refractivity contribution in [2.24, 2.45) is 0 Å². The standard InChI is InChI=1S/C11H15BrN2OS/c1-7-5-9(16-10(7)12)11(15)14(2)8-3-4-13-6-8/h5,8,13H,3-4,6H2,1-2H3. The van der Waals surface area contributed by atoms with Crippen LogP contribution >= 0.6 is 27.3 Å². The van der Waals surface area contributed by atoms with Gasteiger partial charge >= 0.3 is 0 Å². The number of thiophene rings is 1. The number of aryl methyl sites for hydroxylation is 1. The highest BCUT2D eigenvalue weighted by Gasteiger charge is 2.25. The van der Waals surface area contributed by atoms with Crippen molar-refractivity contribution >= 4 is 33.2 Å². The largest absolute Gasteiger partial charge is 0.337 e. The van der Waals surface area contributed by atoms with Crippen LogP contribution < -0.4 is 5.32 Å². The van der Waals surface area contributed by atoms with Crippen molar-refractivity contribution < 1.29 is 4.79 Å². The van der Waals surface area contributed by atoms with E-state index in [-0.39, 0.29) is 5.91 Å². The Bertz CT molecular complexity index is 379. The topological polar surface area (TPSA) is 32.3 Å². The minimum atomic E-state index is 0.132. The molecule has 0 radical (unpaired) electrons. The SMILES string of the molecule is Cc1cc(C(=O)N(C)C2CCNC2)sc1Br. The number of likely N-dealkylation sites (N-methyl/N-ethyl adjacent to an activating group) is 1. The molecule has 1 aliphatic heterocycles. The Morgan fingerprint density at radius 2 is 2.44 bits per heavy atom. The summed E-state index contributed by atoms with van der Waals surface area (Å²) in [6.45, 7) is 3.93. The molecule has 16 heavy (non-hydrogen) atoms. The molecular weight excluding hydrogens is 288 g/mol. The lowest BCUT2D eigenvalue weighted by Crippen LogP contribution is -2.37. The number of nitrogens with zero attached hydrogens (tertiary/aromatic N) is 1. The van der Waals surface area contributed by atoms with Crippen molar-refractivity contribution in [2.75, 3.05) is 20.1 Å². The predicted octanol–water partition coefficient (Wildman–Crippen LogP) is 2.25. The smallest absolute Gasteiger partial charge is 0.264 e. The maximum Gasteiger partial charge on any atom is 0.264 e. The zero-order valence-electron chi connectivity index (χ0n) is 9.42. The lowest BCUT2D eigenvalue weighted by Gasteiger charge is -2.22. The second-order valence-electron chi connectivity index (χ2n) is 4.13. The van der Waals surface area contributed by atoms with E-state index in [1.807, 2.05) is 24.9 Å². The first-order chi connectivity index (χ1) is 7.59. The molecule has 5 heteroatoms. The number of amides is 1. The molecule has 2 heterocycles. The van der Waals surface area contributed by atoms with E-state index in [1.54, 1.807) is 0 Å². The van der Waals surface area contributed by atoms with E-state index < -0.39 is 0 Å². The van der Waals surface area contributed by atoms with E-state index in [0.717, 1.165) is 33.7 Å². The minimum absolute atomic E-state index is 0.132. The molecule has 88 valence electrons. The molecule has 1 unspecified atom stereocenters. The van der Waals surface area contributed by atoms with E-state index in [2.05, 4.69) is 21.2 Å². The summed E-state index contributed by atoms with van der Waals surface area (Å²) in [5, 5.41) is 3.28. The molecule has 0 spiro atoms. The molecule has 1 N–H and O–H groups in total. The van der Waals surface area contributed by atoms with Gasteiger partial charge in [-0.3, -0.25) is 4.79 Å². The zero-order chi connectivity index (χ0) is 11.7. The first kappa shape index (κ1) is 12.1. The number of carbonyl (C=O) groups excluding carboxylic acids is 1. The van der Waals surface area contributed by atoms with Gasteiger partial charge in [-0.25, -0.2) is 0 Å². The highest BCUT2D eigenvalue weighted by atomic mass is 79.9. The van der Waals surface area contributed by atoms with Gasteiger partial charge in [-0.05, 0) is 47.4 Å². The minimum Gasteiger partial charge on any atom is -0.337 e. The van der Waals surface area contributed by atoms with Crippen LogP contribution in [0.25, 0.3) is 0 Å². The average molecular weight is 303 g/mol. The summed E-state index contributed by atoms with van der Waals surface area (Å²) in [6, 6.07) is 2.30. The molecule has 0 aliphatic carbocycles. The lowest BCUT2D eigenvalue weighted by molar-refractivity contribution is 0.0748. The Balaban J connectivity index is 2.11. The highest BCUT2D eigenvalue weighted by molar-refractivity contribution is 9.11. The van der Waals surface area contributed by atoms with Crippen LogP contribution in [0.2, 0.25) is 0 Å². The molecule has 0 bridgehead atoms. The number of halogens is 1. The summed E-state index contributed by atoms with van der Waals surface area (Å²) in [5.74, 6) is 0.132. The second-order valence-corrected chi connectivity index (χ2v) is 6.50. The predicted molar refractivity (Wildman–Crippen MR) is 70.1 cm³/mol. The van der Waals surface area contributed by atoms with Gasteiger partial charge in [0.05, 0.1) is 8.66 Å². The van der Waals surface area contributed by atoms with Gasteiger partial charge in [0.15, 0.2) is 0 Å². The van der Waals surface area contributed by atoms with Gasteiger partial charge < -0.3 is 10.2 Å². The Morgan fingerprint density at radius 3 is 2.94 bits per heavy atom. The fourth-order valence-electron chi connectivity index (χ4n) is 1.87. The average Bonchev–Trinajstić information content (AvgIpc) is 2.87. The van der Waals surface area contributed by atoms with Gasteiger partial charge in [-0.2, -0.15) is 0 Å². The van der Waals surface area contributed by atoms with E-state index in [1.165, 1.54) is 11.3 Å². The molecule has 1 aromatic rings. The summed E-state index contributed by atoms with van der Waals surface area (Å²) in [6.07, 6.45) is 1.05. The van der Waals surface area contributed by atoms with Crippen LogP contribution in [-0.4, -0.2) is 37.0 Å². The van der Waals surface area contributed by atoms with Crippen molar-refractivity contribution in [3.8, 4) is 0 Å². The number of hydrogen-bond acceptors (Lipinski definition) is 3. The number of nitrogens with one attached hydrogen (secondary N) is 1. The van der Waals surface area contributed by atoms with E-state index in [0.29, 0.717) is 6.04 Å². The summed E-state index contributed by atoms with van der Waals surface area (Å²) in [4.78, 5) is 14.9. The fraction of sp³-hybridized carbons (Fsp3) is 0.545. The van der Waals surface area contributed by atoms with Crippen molar-refractivity contribution in [3.63, 3.8) is 0 Å². The van der Waals surface area contributed by atoms with Crippen LogP contribution in [0.5, 0.6) is 0 Å². The Hall–Kier alpha value is -0.390. The Morgan fingerprint density at radius 1 is 1.69 bits per heavy atom. The molecule has 3 nitrogen and oxygen atoms in total. The van der Waals surface area contributed by atoms with Gasteiger partial charge in [0, 0.05) is 19.6 Å². The second kappa shape index (κ2) is 4.85. The quantitative estimate of drug-likeness (QED) is 0.909. The van der Waals surface area contributed by atoms with Crippen LogP contribution in [0.4, 0.5) is 0 Å². The Kier molecular flexibility index (Phi) is 3.66. The van der Waals surface area contributed by atoms with Crippen molar-refractivity contribution in [2.45, 2.75) is 19.4 Å². The summed E-state index contributed by atoms with van der Waals surface area (Å²) < 4.78 is 1.05. The number of rotatable bonds is 2. The van der Waals surface area contributed by atoms with Gasteiger partial charge in [0.2, 0.25) is 0 Å². The normalized spacial score (nSPS) is 20.1. The number of hydrogen-bond donors (Lipinski definition) is 1. The molecular formula is C11H15BrN2OS. The molecule has 1 fully saturated rings.